The number of benzene rings is 1. The molecule has 1 amide bonds. The van der Waals surface area contributed by atoms with Gasteiger partial charge in [0.15, 0.2) is 18.2 Å². The number of ether oxygens (including phenoxy) is 2. The lowest BCUT2D eigenvalue weighted by molar-refractivity contribution is -0.145. The lowest BCUT2D eigenvalue weighted by Gasteiger charge is -2.18. The van der Waals surface area contributed by atoms with Gasteiger partial charge in [-0.15, -0.1) is 0 Å². The minimum Gasteiger partial charge on any atom is -0.467 e. The van der Waals surface area contributed by atoms with Gasteiger partial charge in [-0.1, -0.05) is 25.4 Å². The van der Waals surface area contributed by atoms with Crippen LogP contribution in [-0.2, 0) is 19.1 Å². The minimum atomic E-state index is -1.27. The highest BCUT2D eigenvalue weighted by Gasteiger charge is 2.23. The van der Waals surface area contributed by atoms with Crippen LogP contribution < -0.4 is 5.32 Å². The Morgan fingerprint density at radius 1 is 1.20 bits per heavy atom. The normalized spacial score (nSPS) is 11.8. The first-order valence-electron chi connectivity index (χ1n) is 7.34. The van der Waals surface area contributed by atoms with Crippen LogP contribution in [0.1, 0.15) is 30.6 Å². The van der Waals surface area contributed by atoms with Crippen LogP contribution in [0.5, 0.6) is 0 Å². The number of methoxy groups -OCH3 is 1. The average molecular weight is 378 g/mol. The molecule has 1 N–H and O–H groups in total. The Hall–Kier alpha value is -2.22. The maximum Gasteiger partial charge on any atom is 0.340 e. The number of halogens is 3. The molecule has 0 spiro atoms. The molecule has 0 saturated carbocycles. The van der Waals surface area contributed by atoms with Gasteiger partial charge >= 0.3 is 11.9 Å². The Labute approximate surface area is 148 Å². The van der Waals surface area contributed by atoms with E-state index in [1.807, 2.05) is 13.8 Å². The van der Waals surface area contributed by atoms with E-state index in [0.29, 0.717) is 18.6 Å². The van der Waals surface area contributed by atoms with Crippen LogP contribution in [-0.4, -0.2) is 37.6 Å². The van der Waals surface area contributed by atoms with Crippen molar-refractivity contribution in [3.8, 4) is 0 Å². The lowest BCUT2D eigenvalue weighted by atomic mass is 10.0. The van der Waals surface area contributed by atoms with Crippen LogP contribution in [0.25, 0.3) is 0 Å². The molecule has 0 aromatic heterocycles. The second-order valence-electron chi connectivity index (χ2n) is 5.60. The van der Waals surface area contributed by atoms with Gasteiger partial charge in [-0.2, -0.15) is 0 Å². The van der Waals surface area contributed by atoms with E-state index in [4.69, 9.17) is 16.3 Å². The molecule has 0 aliphatic heterocycles. The fourth-order valence-electron chi connectivity index (χ4n) is 1.95. The number of carbonyl (C=O) groups is 3. The third-order valence-electron chi connectivity index (χ3n) is 3.09. The molecule has 1 atom stereocenters. The summed E-state index contributed by atoms with van der Waals surface area (Å²) in [5.74, 6) is -4.86. The lowest BCUT2D eigenvalue weighted by Crippen LogP contribution is -2.44. The number of rotatable bonds is 7. The molecule has 25 heavy (non-hydrogen) atoms. The summed E-state index contributed by atoms with van der Waals surface area (Å²) in [6.07, 6.45) is 0.335. The molecule has 0 radical (unpaired) electrons. The summed E-state index contributed by atoms with van der Waals surface area (Å²) in [5.41, 5.74) is -0.417. The predicted octanol–water partition coefficient (Wildman–Crippen LogP) is 2.48. The van der Waals surface area contributed by atoms with E-state index in [-0.39, 0.29) is 10.9 Å². The van der Waals surface area contributed by atoms with Crippen LogP contribution in [0.15, 0.2) is 12.1 Å². The number of carbonyl (C=O) groups excluding carboxylic acids is 3. The molecular weight excluding hydrogens is 360 g/mol. The highest BCUT2D eigenvalue weighted by Crippen LogP contribution is 2.20. The molecule has 0 aliphatic rings. The zero-order chi connectivity index (χ0) is 19.1. The maximum absolute atomic E-state index is 13.2. The van der Waals surface area contributed by atoms with Crippen LogP contribution in [0, 0.1) is 17.6 Å². The quantitative estimate of drug-likeness (QED) is 0.583. The molecule has 1 rings (SSSR count). The Morgan fingerprint density at radius 3 is 2.36 bits per heavy atom. The second-order valence-corrected chi connectivity index (χ2v) is 6.00. The molecule has 1 aromatic rings. The smallest absolute Gasteiger partial charge is 0.340 e. The standard InChI is InChI=1S/C16H18ClF2NO5/c1-8(2)4-13(16(23)24-3)20-14(21)7-25-15(22)9-5-11(18)12(19)6-10(9)17/h5-6,8,13H,4,7H2,1-3H3,(H,20,21)/t13-/m1/s1. The highest BCUT2D eigenvalue weighted by atomic mass is 35.5. The summed E-state index contributed by atoms with van der Waals surface area (Å²) < 4.78 is 35.4. The Kier molecular flexibility index (Phi) is 7.76. The predicted molar refractivity (Wildman–Crippen MR) is 85.1 cm³/mol. The largest absolute Gasteiger partial charge is 0.467 e. The minimum absolute atomic E-state index is 0.105. The van der Waals surface area contributed by atoms with Gasteiger partial charge in [0.1, 0.15) is 6.04 Å². The fourth-order valence-corrected chi connectivity index (χ4v) is 2.18. The maximum atomic E-state index is 13.2. The van der Waals surface area contributed by atoms with Crippen LogP contribution in [0.2, 0.25) is 5.02 Å². The first-order valence-corrected chi connectivity index (χ1v) is 7.72. The third-order valence-corrected chi connectivity index (χ3v) is 3.40. The van der Waals surface area contributed by atoms with Crippen molar-refractivity contribution in [2.75, 3.05) is 13.7 Å². The number of esters is 2. The van der Waals surface area contributed by atoms with Crippen molar-refractivity contribution in [3.05, 3.63) is 34.4 Å². The molecule has 0 saturated heterocycles. The van der Waals surface area contributed by atoms with E-state index < -0.39 is 47.7 Å². The van der Waals surface area contributed by atoms with Gasteiger partial charge in [-0.05, 0) is 24.5 Å². The van der Waals surface area contributed by atoms with E-state index in [1.165, 1.54) is 7.11 Å². The van der Waals surface area contributed by atoms with Crippen molar-refractivity contribution in [2.24, 2.45) is 5.92 Å². The zero-order valence-electron chi connectivity index (χ0n) is 13.9. The van der Waals surface area contributed by atoms with E-state index in [0.717, 1.165) is 0 Å². The summed E-state index contributed by atoms with van der Waals surface area (Å²) in [4.78, 5) is 35.3. The molecular formula is C16H18ClF2NO5. The van der Waals surface area contributed by atoms with Crippen molar-refractivity contribution < 1.29 is 32.6 Å². The summed E-state index contributed by atoms with van der Waals surface area (Å²) in [6.45, 7) is 2.99. The number of amides is 1. The van der Waals surface area contributed by atoms with Crippen molar-refractivity contribution in [3.63, 3.8) is 0 Å². The molecule has 0 fully saturated rings. The molecule has 0 unspecified atom stereocenters. The highest BCUT2D eigenvalue weighted by molar-refractivity contribution is 6.33. The van der Waals surface area contributed by atoms with Crippen LogP contribution in [0.3, 0.4) is 0 Å². The summed E-state index contributed by atoms with van der Waals surface area (Å²) in [5, 5.41) is 2.03. The second kappa shape index (κ2) is 9.31. The van der Waals surface area contributed by atoms with Gasteiger partial charge in [-0.25, -0.2) is 18.4 Å². The molecule has 0 aliphatic carbocycles. The van der Waals surface area contributed by atoms with E-state index >= 15 is 0 Å². The van der Waals surface area contributed by atoms with Crippen LogP contribution >= 0.6 is 11.6 Å². The Bertz CT molecular complexity index is 666. The van der Waals surface area contributed by atoms with Crippen LogP contribution in [0.4, 0.5) is 8.78 Å². The Morgan fingerprint density at radius 2 is 1.80 bits per heavy atom. The monoisotopic (exact) mass is 377 g/mol. The first-order chi connectivity index (χ1) is 11.6. The van der Waals surface area contributed by atoms with Gasteiger partial charge in [0.2, 0.25) is 0 Å². The number of hydrogen-bond acceptors (Lipinski definition) is 5. The van der Waals surface area contributed by atoms with E-state index in [2.05, 4.69) is 10.1 Å². The van der Waals surface area contributed by atoms with Gasteiger partial charge < -0.3 is 14.8 Å². The number of hydrogen-bond donors (Lipinski definition) is 1. The van der Waals surface area contributed by atoms with Gasteiger partial charge in [0.05, 0.1) is 17.7 Å². The fraction of sp³-hybridized carbons (Fsp3) is 0.438. The summed E-state index contributed by atoms with van der Waals surface area (Å²) >= 11 is 5.64. The van der Waals surface area contributed by atoms with Crippen molar-refractivity contribution in [2.45, 2.75) is 26.3 Å². The molecule has 6 nitrogen and oxygen atoms in total. The molecule has 0 bridgehead atoms. The van der Waals surface area contributed by atoms with Crippen molar-refractivity contribution >= 4 is 29.4 Å². The van der Waals surface area contributed by atoms with Gasteiger partial charge in [-0.3, -0.25) is 4.79 Å². The molecule has 138 valence electrons. The number of nitrogens with one attached hydrogen (secondary N) is 1. The van der Waals surface area contributed by atoms with E-state index in [9.17, 15) is 23.2 Å². The average Bonchev–Trinajstić information content (AvgIpc) is 2.54. The first kappa shape index (κ1) is 20.8. The molecule has 1 aromatic carbocycles. The zero-order valence-corrected chi connectivity index (χ0v) is 14.7. The van der Waals surface area contributed by atoms with Gasteiger partial charge in [0.25, 0.3) is 5.91 Å². The Balaban J connectivity index is 2.67. The molecule has 9 heteroatoms. The van der Waals surface area contributed by atoms with E-state index in [1.54, 1.807) is 0 Å². The molecule has 0 heterocycles. The SMILES string of the molecule is COC(=O)[C@@H](CC(C)C)NC(=O)COC(=O)c1cc(F)c(F)cc1Cl. The van der Waals surface area contributed by atoms with Crippen molar-refractivity contribution in [1.82, 2.24) is 5.32 Å². The van der Waals surface area contributed by atoms with Gasteiger partial charge in [0, 0.05) is 0 Å². The third kappa shape index (κ3) is 6.30. The summed E-state index contributed by atoms with van der Waals surface area (Å²) in [6, 6.07) is 0.320. The van der Waals surface area contributed by atoms with Crippen molar-refractivity contribution in [1.29, 1.82) is 0 Å². The topological polar surface area (TPSA) is 81.7 Å². The summed E-state index contributed by atoms with van der Waals surface area (Å²) in [7, 11) is 1.19.